The maximum absolute atomic E-state index is 12.1. The van der Waals surface area contributed by atoms with E-state index in [0.29, 0.717) is 0 Å². The molecule has 2 atom stereocenters. The molecular weight excluding hydrogens is 334 g/mol. The Labute approximate surface area is 125 Å². The zero-order valence-corrected chi connectivity index (χ0v) is 14.5. The normalized spacial score (nSPS) is 15.5. The van der Waals surface area contributed by atoms with Crippen molar-refractivity contribution in [2.75, 3.05) is 0 Å². The molecule has 0 saturated heterocycles. The lowest BCUT2D eigenvalue weighted by molar-refractivity contribution is 0.616. The summed E-state index contributed by atoms with van der Waals surface area (Å²) in [5, 5.41) is 0.718. The minimum absolute atomic E-state index is 0.0515. The maximum atomic E-state index is 12.1. The number of nitrogens with one attached hydrogen (secondary N) is 1. The smallest absolute Gasteiger partial charge is 0.0975 e. The van der Waals surface area contributed by atoms with Gasteiger partial charge in [0.2, 0.25) is 0 Å². The van der Waals surface area contributed by atoms with E-state index in [1.54, 1.807) is 0 Å². The van der Waals surface area contributed by atoms with Crippen LogP contribution in [0.1, 0.15) is 44.9 Å². The Kier molecular flexibility index (Phi) is 5.42. The van der Waals surface area contributed by atoms with Crippen molar-refractivity contribution in [2.24, 2.45) is 0 Å². The summed E-state index contributed by atoms with van der Waals surface area (Å²) in [7, 11) is -1.11. The molecule has 0 saturated carbocycles. The quantitative estimate of drug-likeness (QED) is 0.851. The third kappa shape index (κ3) is 3.80. The highest BCUT2D eigenvalue weighted by atomic mass is 79.9. The molecule has 0 bridgehead atoms. The van der Waals surface area contributed by atoms with E-state index < -0.39 is 11.0 Å². The highest BCUT2D eigenvalue weighted by Gasteiger charge is 2.23. The first-order chi connectivity index (χ1) is 8.14. The van der Waals surface area contributed by atoms with Crippen LogP contribution in [-0.2, 0) is 11.0 Å². The summed E-state index contributed by atoms with van der Waals surface area (Å²) in [6.45, 7) is 9.76. The topological polar surface area (TPSA) is 29.1 Å². The molecule has 2 nitrogen and oxygen atoms in total. The molecule has 5 heteroatoms. The summed E-state index contributed by atoms with van der Waals surface area (Å²) in [6, 6.07) is 3.87. The Morgan fingerprint density at radius 1 is 1.39 bits per heavy atom. The van der Waals surface area contributed by atoms with Gasteiger partial charge in [0.1, 0.15) is 0 Å². The lowest BCUT2D eigenvalue weighted by Gasteiger charge is -2.23. The van der Waals surface area contributed by atoms with Crippen molar-refractivity contribution < 1.29 is 4.21 Å². The number of hydrogen-bond acceptors (Lipinski definition) is 1. The molecule has 0 spiro atoms. The molecule has 1 rings (SSSR count). The molecule has 0 fully saturated rings. The van der Waals surface area contributed by atoms with Crippen LogP contribution >= 0.6 is 27.5 Å². The van der Waals surface area contributed by atoms with Gasteiger partial charge >= 0.3 is 0 Å². The summed E-state index contributed by atoms with van der Waals surface area (Å²) in [6.07, 6.45) is 0. The van der Waals surface area contributed by atoms with Crippen molar-refractivity contribution in [3.8, 4) is 0 Å². The van der Waals surface area contributed by atoms with Gasteiger partial charge in [0.05, 0.1) is 15.7 Å². The molecule has 0 aliphatic heterocycles. The predicted octanol–water partition coefficient (Wildman–Crippen LogP) is 4.52. The summed E-state index contributed by atoms with van der Waals surface area (Å²) in [4.78, 5) is 0. The standard InChI is InChI=1S/C13H19BrClNOS/c1-8-11(14)7-6-10(12(8)15)9(2)16-18(17)13(3,4)5/h6-7,9,16H,1-5H3/t9-,18?/m1/s1. The predicted molar refractivity (Wildman–Crippen MR) is 83.3 cm³/mol. The van der Waals surface area contributed by atoms with Gasteiger partial charge in [-0.2, -0.15) is 0 Å². The average Bonchev–Trinajstić information content (AvgIpc) is 2.24. The molecule has 1 N–H and O–H groups in total. The molecule has 1 unspecified atom stereocenters. The number of halogens is 2. The first-order valence-corrected chi connectivity index (χ1v) is 8.09. The van der Waals surface area contributed by atoms with E-state index in [4.69, 9.17) is 11.6 Å². The molecule has 0 aliphatic rings. The lowest BCUT2D eigenvalue weighted by atomic mass is 10.1. The van der Waals surface area contributed by atoms with Crippen LogP contribution in [-0.4, -0.2) is 8.96 Å². The van der Waals surface area contributed by atoms with Gasteiger partial charge in [0.25, 0.3) is 0 Å². The van der Waals surface area contributed by atoms with Gasteiger partial charge in [-0.1, -0.05) is 33.6 Å². The van der Waals surface area contributed by atoms with Crippen LogP contribution in [0, 0.1) is 6.92 Å². The molecule has 0 heterocycles. The van der Waals surface area contributed by atoms with E-state index in [9.17, 15) is 4.21 Å². The largest absolute Gasteiger partial charge is 0.242 e. The molecule has 1 aromatic rings. The van der Waals surface area contributed by atoms with Crippen LogP contribution in [0.2, 0.25) is 5.02 Å². The van der Waals surface area contributed by atoms with E-state index in [0.717, 1.165) is 20.6 Å². The van der Waals surface area contributed by atoms with Gasteiger partial charge in [-0.15, -0.1) is 0 Å². The molecule has 18 heavy (non-hydrogen) atoms. The van der Waals surface area contributed by atoms with Crippen molar-refractivity contribution in [1.29, 1.82) is 0 Å². The monoisotopic (exact) mass is 351 g/mol. The minimum Gasteiger partial charge on any atom is -0.242 e. The fraction of sp³-hybridized carbons (Fsp3) is 0.538. The summed E-state index contributed by atoms with van der Waals surface area (Å²) < 4.78 is 15.9. The minimum atomic E-state index is -1.11. The van der Waals surface area contributed by atoms with Crippen LogP contribution in [0.15, 0.2) is 16.6 Å². The Morgan fingerprint density at radius 2 is 1.94 bits per heavy atom. The molecule has 102 valence electrons. The van der Waals surface area contributed by atoms with Gasteiger partial charge in [-0.05, 0) is 51.8 Å². The Bertz CT molecular complexity index is 471. The maximum Gasteiger partial charge on any atom is 0.0975 e. The second-order valence-corrected chi connectivity index (χ2v) is 8.53. The van der Waals surface area contributed by atoms with Crippen LogP contribution in [0.3, 0.4) is 0 Å². The fourth-order valence-electron chi connectivity index (χ4n) is 1.42. The number of rotatable bonds is 3. The highest BCUT2D eigenvalue weighted by Crippen LogP contribution is 2.31. The van der Waals surface area contributed by atoms with Crippen LogP contribution in [0.5, 0.6) is 0 Å². The third-order valence-electron chi connectivity index (χ3n) is 2.66. The molecule has 1 aromatic carbocycles. The zero-order valence-electron chi connectivity index (χ0n) is 11.3. The third-order valence-corrected chi connectivity index (χ3v) is 5.70. The van der Waals surface area contributed by atoms with Crippen molar-refractivity contribution in [3.63, 3.8) is 0 Å². The van der Waals surface area contributed by atoms with Crippen LogP contribution in [0.4, 0.5) is 0 Å². The molecule has 0 radical (unpaired) electrons. The fourth-order valence-corrected chi connectivity index (χ4v) is 2.99. The van der Waals surface area contributed by atoms with Gasteiger partial charge in [-0.3, -0.25) is 0 Å². The van der Waals surface area contributed by atoms with Crippen molar-refractivity contribution >= 4 is 38.5 Å². The van der Waals surface area contributed by atoms with E-state index in [2.05, 4.69) is 20.7 Å². The highest BCUT2D eigenvalue weighted by molar-refractivity contribution is 9.10. The van der Waals surface area contributed by atoms with E-state index in [-0.39, 0.29) is 10.8 Å². The number of benzene rings is 1. The summed E-state index contributed by atoms with van der Waals surface area (Å²) in [5.41, 5.74) is 1.97. The van der Waals surface area contributed by atoms with Crippen LogP contribution < -0.4 is 4.72 Å². The average molecular weight is 353 g/mol. The van der Waals surface area contributed by atoms with Crippen molar-refractivity contribution in [3.05, 3.63) is 32.8 Å². The van der Waals surface area contributed by atoms with E-state index in [1.807, 2.05) is 46.8 Å². The summed E-state index contributed by atoms with van der Waals surface area (Å²) >= 11 is 9.77. The second kappa shape index (κ2) is 6.04. The van der Waals surface area contributed by atoms with Crippen molar-refractivity contribution in [2.45, 2.75) is 45.4 Å². The van der Waals surface area contributed by atoms with Gasteiger partial charge in [-0.25, -0.2) is 8.93 Å². The van der Waals surface area contributed by atoms with Gasteiger partial charge < -0.3 is 0 Å². The Morgan fingerprint density at radius 3 is 2.44 bits per heavy atom. The zero-order chi connectivity index (χ0) is 14.1. The first-order valence-electron chi connectivity index (χ1n) is 5.77. The molecule has 0 aromatic heterocycles. The van der Waals surface area contributed by atoms with Gasteiger partial charge in [0, 0.05) is 15.5 Å². The van der Waals surface area contributed by atoms with Crippen LogP contribution in [0.25, 0.3) is 0 Å². The second-order valence-electron chi connectivity index (χ2n) is 5.30. The summed E-state index contributed by atoms with van der Waals surface area (Å²) in [5.74, 6) is 0. The van der Waals surface area contributed by atoms with Gasteiger partial charge in [0.15, 0.2) is 0 Å². The Hall–Kier alpha value is 0.1000. The number of hydrogen-bond donors (Lipinski definition) is 1. The lowest BCUT2D eigenvalue weighted by Crippen LogP contribution is -2.34. The van der Waals surface area contributed by atoms with E-state index >= 15 is 0 Å². The first kappa shape index (κ1) is 16.2. The van der Waals surface area contributed by atoms with E-state index in [1.165, 1.54) is 0 Å². The molecule has 0 aliphatic carbocycles. The Balaban J connectivity index is 2.96. The molecular formula is C13H19BrClNOS. The van der Waals surface area contributed by atoms with Crippen molar-refractivity contribution in [1.82, 2.24) is 4.72 Å². The molecule has 0 amide bonds. The SMILES string of the molecule is Cc1c(Br)ccc([C@@H](C)NS(=O)C(C)(C)C)c1Cl.